The van der Waals surface area contributed by atoms with Crippen LogP contribution in [0.2, 0.25) is 0 Å². The van der Waals surface area contributed by atoms with Gasteiger partial charge < -0.3 is 10.6 Å². The molecule has 1 heterocycles. The molecule has 6 heteroatoms. The van der Waals surface area contributed by atoms with Gasteiger partial charge in [0.25, 0.3) is 5.91 Å². The first kappa shape index (κ1) is 17.1. The molecule has 2 aromatic carbocycles. The number of aromatic nitrogens is 2. The van der Waals surface area contributed by atoms with E-state index in [4.69, 9.17) is 0 Å². The maximum absolute atomic E-state index is 12.0. The fraction of sp³-hybridized carbons (Fsp3) is 0.211. The Morgan fingerprint density at radius 3 is 2.76 bits per heavy atom. The number of hydrogen-bond acceptors (Lipinski definition) is 5. The molecule has 5 nitrogen and oxygen atoms in total. The maximum atomic E-state index is 12.0. The highest BCUT2D eigenvalue weighted by Crippen LogP contribution is 2.21. The van der Waals surface area contributed by atoms with Crippen LogP contribution in [0.3, 0.4) is 0 Å². The lowest BCUT2D eigenvalue weighted by Gasteiger charge is -2.06. The molecule has 0 unspecified atom stereocenters. The molecule has 0 aliphatic rings. The van der Waals surface area contributed by atoms with Crippen molar-refractivity contribution in [1.82, 2.24) is 14.7 Å². The average Bonchev–Trinajstić information content (AvgIpc) is 3.14. The van der Waals surface area contributed by atoms with E-state index >= 15 is 0 Å². The summed E-state index contributed by atoms with van der Waals surface area (Å²) in [5.41, 5.74) is 2.71. The Bertz CT molecular complexity index is 832. The van der Waals surface area contributed by atoms with Gasteiger partial charge in [0.1, 0.15) is 0 Å². The highest BCUT2D eigenvalue weighted by Gasteiger charge is 2.08. The predicted octanol–water partition coefficient (Wildman–Crippen LogP) is 3.96. The van der Waals surface area contributed by atoms with Gasteiger partial charge in [-0.3, -0.25) is 4.79 Å². The molecule has 0 radical (unpaired) electrons. The molecule has 128 valence electrons. The van der Waals surface area contributed by atoms with E-state index in [1.54, 1.807) is 0 Å². The van der Waals surface area contributed by atoms with Crippen molar-refractivity contribution in [2.45, 2.75) is 19.9 Å². The number of anilines is 1. The van der Waals surface area contributed by atoms with Crippen molar-refractivity contribution >= 4 is 22.6 Å². The van der Waals surface area contributed by atoms with E-state index in [1.165, 1.54) is 11.5 Å². The number of amides is 1. The van der Waals surface area contributed by atoms with Crippen molar-refractivity contribution in [2.75, 3.05) is 11.9 Å². The summed E-state index contributed by atoms with van der Waals surface area (Å²) >= 11 is 1.33. The fourth-order valence-electron chi connectivity index (χ4n) is 2.34. The molecule has 0 spiro atoms. The monoisotopic (exact) mass is 352 g/mol. The molecular formula is C19H20N4OS. The van der Waals surface area contributed by atoms with Gasteiger partial charge in [0.15, 0.2) is 5.82 Å². The van der Waals surface area contributed by atoms with Crippen LogP contribution in [0, 0.1) is 0 Å². The minimum atomic E-state index is -0.0361. The zero-order valence-electron chi connectivity index (χ0n) is 14.0. The Balaban J connectivity index is 1.62. The summed E-state index contributed by atoms with van der Waals surface area (Å²) in [7, 11) is 0. The smallest absolute Gasteiger partial charge is 0.251 e. The highest BCUT2D eigenvalue weighted by molar-refractivity contribution is 7.09. The van der Waals surface area contributed by atoms with Crippen LogP contribution in [0.1, 0.15) is 29.3 Å². The highest BCUT2D eigenvalue weighted by atomic mass is 32.1. The summed E-state index contributed by atoms with van der Waals surface area (Å²) in [5, 5.41) is 6.93. The van der Waals surface area contributed by atoms with Gasteiger partial charge in [-0.05, 0) is 24.1 Å². The lowest BCUT2D eigenvalue weighted by Crippen LogP contribution is -2.24. The quantitative estimate of drug-likeness (QED) is 0.675. The van der Waals surface area contributed by atoms with Gasteiger partial charge >= 0.3 is 0 Å². The first-order valence-corrected chi connectivity index (χ1v) is 9.03. The Morgan fingerprint density at radius 2 is 1.96 bits per heavy atom. The summed E-state index contributed by atoms with van der Waals surface area (Å²) in [4.78, 5) is 16.5. The van der Waals surface area contributed by atoms with Crippen LogP contribution in [0.15, 0.2) is 54.6 Å². The van der Waals surface area contributed by atoms with Crippen molar-refractivity contribution in [3.8, 4) is 11.4 Å². The summed E-state index contributed by atoms with van der Waals surface area (Å²) in [6, 6.07) is 17.5. The second-order valence-corrected chi connectivity index (χ2v) is 6.35. The molecule has 0 fully saturated rings. The lowest BCUT2D eigenvalue weighted by molar-refractivity contribution is 0.0953. The number of rotatable bonds is 7. The Kier molecular flexibility index (Phi) is 5.74. The van der Waals surface area contributed by atoms with Crippen molar-refractivity contribution < 1.29 is 4.79 Å². The fourth-order valence-corrected chi connectivity index (χ4v) is 2.92. The van der Waals surface area contributed by atoms with Crippen LogP contribution < -0.4 is 10.6 Å². The molecule has 0 saturated heterocycles. The van der Waals surface area contributed by atoms with Gasteiger partial charge in [-0.25, -0.2) is 0 Å². The largest absolute Gasteiger partial charge is 0.356 e. The molecule has 2 N–H and O–H groups in total. The van der Waals surface area contributed by atoms with Crippen molar-refractivity contribution in [3.05, 3.63) is 65.7 Å². The van der Waals surface area contributed by atoms with Crippen molar-refractivity contribution in [3.63, 3.8) is 0 Å². The zero-order valence-corrected chi connectivity index (χ0v) is 14.8. The minimum Gasteiger partial charge on any atom is -0.356 e. The average molecular weight is 352 g/mol. The third-order valence-electron chi connectivity index (χ3n) is 3.63. The van der Waals surface area contributed by atoms with Gasteiger partial charge in [-0.1, -0.05) is 49.4 Å². The van der Waals surface area contributed by atoms with Crippen LogP contribution >= 0.6 is 11.5 Å². The SMILES string of the molecule is CCCNC(=O)c1cccc(CNc2nc(-c3ccccc3)ns2)c1. The second-order valence-electron chi connectivity index (χ2n) is 5.60. The van der Waals surface area contributed by atoms with E-state index in [9.17, 15) is 4.79 Å². The molecule has 0 atom stereocenters. The summed E-state index contributed by atoms with van der Waals surface area (Å²) in [5.74, 6) is 0.687. The molecule has 25 heavy (non-hydrogen) atoms. The Morgan fingerprint density at radius 1 is 1.12 bits per heavy atom. The van der Waals surface area contributed by atoms with Crippen molar-refractivity contribution in [2.24, 2.45) is 0 Å². The first-order valence-electron chi connectivity index (χ1n) is 8.26. The number of hydrogen-bond donors (Lipinski definition) is 2. The van der Waals surface area contributed by atoms with Crippen LogP contribution in [-0.2, 0) is 6.54 Å². The Hall–Kier alpha value is -2.73. The molecule has 3 rings (SSSR count). The van der Waals surface area contributed by atoms with Crippen LogP contribution in [-0.4, -0.2) is 21.8 Å². The van der Waals surface area contributed by atoms with Gasteiger partial charge in [-0.2, -0.15) is 9.36 Å². The third-order valence-corrected chi connectivity index (χ3v) is 4.30. The number of carbonyl (C=O) groups is 1. The number of nitrogens with one attached hydrogen (secondary N) is 2. The van der Waals surface area contributed by atoms with E-state index in [-0.39, 0.29) is 5.91 Å². The third kappa shape index (κ3) is 4.64. The lowest BCUT2D eigenvalue weighted by atomic mass is 10.1. The molecule has 0 aliphatic carbocycles. The molecular weight excluding hydrogens is 332 g/mol. The van der Waals surface area contributed by atoms with E-state index in [2.05, 4.69) is 20.0 Å². The van der Waals surface area contributed by atoms with Crippen LogP contribution in [0.25, 0.3) is 11.4 Å². The molecule has 0 aliphatic heterocycles. The summed E-state index contributed by atoms with van der Waals surface area (Å²) < 4.78 is 4.38. The summed E-state index contributed by atoms with van der Waals surface area (Å²) in [6.45, 7) is 3.32. The number of carbonyl (C=O) groups excluding carboxylic acids is 1. The Labute approximate surface area is 151 Å². The van der Waals surface area contributed by atoms with E-state index in [0.29, 0.717) is 18.7 Å². The van der Waals surface area contributed by atoms with E-state index < -0.39 is 0 Å². The molecule has 3 aromatic rings. The normalized spacial score (nSPS) is 10.4. The molecule has 1 amide bonds. The van der Waals surface area contributed by atoms with E-state index in [0.717, 1.165) is 28.5 Å². The predicted molar refractivity (Wildman–Crippen MR) is 102 cm³/mol. The minimum absolute atomic E-state index is 0.0361. The number of nitrogens with zero attached hydrogens (tertiary/aromatic N) is 2. The molecule has 0 bridgehead atoms. The summed E-state index contributed by atoms with van der Waals surface area (Å²) in [6.07, 6.45) is 0.924. The maximum Gasteiger partial charge on any atom is 0.251 e. The van der Waals surface area contributed by atoms with Gasteiger partial charge in [0.05, 0.1) is 0 Å². The van der Waals surface area contributed by atoms with Gasteiger partial charge in [-0.15, -0.1) is 0 Å². The molecule has 1 aromatic heterocycles. The number of benzene rings is 2. The topological polar surface area (TPSA) is 66.9 Å². The van der Waals surface area contributed by atoms with Crippen LogP contribution in [0.5, 0.6) is 0 Å². The van der Waals surface area contributed by atoms with Crippen molar-refractivity contribution in [1.29, 1.82) is 0 Å². The molecule has 0 saturated carbocycles. The second kappa shape index (κ2) is 8.39. The van der Waals surface area contributed by atoms with Crippen LogP contribution in [0.4, 0.5) is 5.13 Å². The van der Waals surface area contributed by atoms with E-state index in [1.807, 2.05) is 61.5 Å². The zero-order chi connectivity index (χ0) is 17.5. The standard InChI is InChI=1S/C19H20N4OS/c1-2-11-20-18(24)16-10-6-7-14(12-16)13-21-19-22-17(23-25-19)15-8-4-3-5-9-15/h3-10,12H,2,11,13H2,1H3,(H,20,24)(H,21,22,23). The van der Waals surface area contributed by atoms with Gasteiger partial charge in [0, 0.05) is 35.7 Å². The van der Waals surface area contributed by atoms with Gasteiger partial charge in [0.2, 0.25) is 5.13 Å². The first-order chi connectivity index (χ1) is 12.3.